The Kier molecular flexibility index (Phi) is 3.92. The number of hydrogen-bond acceptors (Lipinski definition) is 2. The summed E-state index contributed by atoms with van der Waals surface area (Å²) in [6, 6.07) is 4.98. The van der Waals surface area contributed by atoms with Crippen LogP contribution in [0, 0.1) is 12.7 Å². The zero-order chi connectivity index (χ0) is 13.1. The summed E-state index contributed by atoms with van der Waals surface area (Å²) < 4.78 is 13.9. The molecule has 0 fully saturated rings. The Hall–Kier alpha value is -1.48. The predicted octanol–water partition coefficient (Wildman–Crippen LogP) is 4.20. The fourth-order valence-corrected chi connectivity index (χ4v) is 2.14. The van der Waals surface area contributed by atoms with Crippen LogP contribution in [0.3, 0.4) is 0 Å². The van der Waals surface area contributed by atoms with Gasteiger partial charge in [0.1, 0.15) is 17.3 Å². The van der Waals surface area contributed by atoms with E-state index in [1.807, 2.05) is 13.8 Å². The first-order chi connectivity index (χ1) is 8.63. The van der Waals surface area contributed by atoms with Crippen LogP contribution in [-0.4, -0.2) is 9.97 Å². The Morgan fingerprint density at radius 2 is 2.06 bits per heavy atom. The summed E-state index contributed by atoms with van der Waals surface area (Å²) in [4.78, 5) is 8.16. The largest absolute Gasteiger partial charge is 0.236 e. The van der Waals surface area contributed by atoms with E-state index in [1.54, 1.807) is 12.1 Å². The van der Waals surface area contributed by atoms with Gasteiger partial charge in [-0.2, -0.15) is 0 Å². The van der Waals surface area contributed by atoms with Crippen molar-refractivity contribution < 1.29 is 4.39 Å². The van der Waals surface area contributed by atoms with E-state index in [1.165, 1.54) is 12.4 Å². The second kappa shape index (κ2) is 5.44. The summed E-state index contributed by atoms with van der Waals surface area (Å²) in [5.74, 6) is -0.285. The maximum absolute atomic E-state index is 13.9. The smallest absolute Gasteiger partial charge is 0.136 e. The van der Waals surface area contributed by atoms with Crippen molar-refractivity contribution in [3.05, 3.63) is 46.6 Å². The van der Waals surface area contributed by atoms with Crippen molar-refractivity contribution in [1.29, 1.82) is 0 Å². The fraction of sp³-hybridized carbons (Fsp3) is 0.286. The first-order valence-electron chi connectivity index (χ1n) is 5.89. The Bertz CT molecular complexity index is 570. The average Bonchev–Trinajstić information content (AvgIpc) is 2.35. The van der Waals surface area contributed by atoms with Gasteiger partial charge < -0.3 is 0 Å². The average molecular weight is 265 g/mol. The van der Waals surface area contributed by atoms with Gasteiger partial charge >= 0.3 is 0 Å². The molecule has 0 bridgehead atoms. The maximum Gasteiger partial charge on any atom is 0.136 e. The number of aromatic nitrogens is 2. The third kappa shape index (κ3) is 2.51. The van der Waals surface area contributed by atoms with E-state index in [-0.39, 0.29) is 5.82 Å². The molecule has 4 heteroatoms. The highest BCUT2D eigenvalue weighted by molar-refractivity contribution is 6.30. The lowest BCUT2D eigenvalue weighted by Crippen LogP contribution is -1.98. The van der Waals surface area contributed by atoms with E-state index in [9.17, 15) is 4.39 Å². The number of benzene rings is 1. The van der Waals surface area contributed by atoms with Gasteiger partial charge in [-0.3, -0.25) is 0 Å². The Morgan fingerprint density at radius 3 is 2.78 bits per heavy atom. The molecule has 0 atom stereocenters. The molecular weight excluding hydrogens is 251 g/mol. The van der Waals surface area contributed by atoms with E-state index in [0.717, 1.165) is 24.0 Å². The van der Waals surface area contributed by atoms with Crippen molar-refractivity contribution in [1.82, 2.24) is 9.97 Å². The van der Waals surface area contributed by atoms with Gasteiger partial charge in [0.05, 0.1) is 5.69 Å². The highest BCUT2D eigenvalue weighted by Crippen LogP contribution is 2.29. The molecule has 2 nitrogen and oxygen atoms in total. The first kappa shape index (κ1) is 13.0. The van der Waals surface area contributed by atoms with Crippen LogP contribution in [0.2, 0.25) is 5.15 Å². The van der Waals surface area contributed by atoms with Crippen LogP contribution in [0.25, 0.3) is 11.3 Å². The molecule has 2 rings (SSSR count). The number of nitrogens with zero attached hydrogens (tertiary/aromatic N) is 2. The molecule has 2 aromatic rings. The number of halogens is 2. The van der Waals surface area contributed by atoms with Crippen LogP contribution >= 0.6 is 11.6 Å². The molecule has 0 saturated carbocycles. The minimum absolute atomic E-state index is 0.285. The van der Waals surface area contributed by atoms with Gasteiger partial charge in [-0.1, -0.05) is 36.6 Å². The third-order valence-electron chi connectivity index (χ3n) is 2.77. The van der Waals surface area contributed by atoms with Gasteiger partial charge in [-0.05, 0) is 25.5 Å². The van der Waals surface area contributed by atoms with Crippen LogP contribution in [0.1, 0.15) is 24.5 Å². The van der Waals surface area contributed by atoms with Gasteiger partial charge in [0.25, 0.3) is 0 Å². The molecule has 0 aliphatic carbocycles. The molecule has 0 aliphatic rings. The molecule has 0 amide bonds. The number of hydrogen-bond donors (Lipinski definition) is 0. The molecule has 0 aliphatic heterocycles. The predicted molar refractivity (Wildman–Crippen MR) is 71.2 cm³/mol. The van der Waals surface area contributed by atoms with Gasteiger partial charge in [0.2, 0.25) is 0 Å². The lowest BCUT2D eigenvalue weighted by Gasteiger charge is -2.10. The Labute approximate surface area is 111 Å². The molecule has 1 heterocycles. The summed E-state index contributed by atoms with van der Waals surface area (Å²) in [5, 5.41) is 0.405. The molecule has 1 aromatic heterocycles. The summed E-state index contributed by atoms with van der Waals surface area (Å²) in [7, 11) is 0. The van der Waals surface area contributed by atoms with Crippen molar-refractivity contribution in [2.75, 3.05) is 0 Å². The van der Waals surface area contributed by atoms with Crippen molar-refractivity contribution >= 4 is 11.6 Å². The second-order valence-corrected chi connectivity index (χ2v) is 4.58. The summed E-state index contributed by atoms with van der Waals surface area (Å²) in [6.07, 6.45) is 3.02. The van der Waals surface area contributed by atoms with Crippen molar-refractivity contribution in [3.8, 4) is 11.3 Å². The molecule has 0 N–H and O–H groups in total. The lowest BCUT2D eigenvalue weighted by molar-refractivity contribution is 0.630. The molecule has 0 saturated heterocycles. The number of aryl methyl sites for hydroxylation is 1. The van der Waals surface area contributed by atoms with Crippen LogP contribution < -0.4 is 0 Å². The van der Waals surface area contributed by atoms with Gasteiger partial charge in [-0.15, -0.1) is 0 Å². The zero-order valence-corrected chi connectivity index (χ0v) is 11.1. The molecule has 18 heavy (non-hydrogen) atoms. The third-order valence-corrected chi connectivity index (χ3v) is 3.10. The Balaban J connectivity index is 2.63. The van der Waals surface area contributed by atoms with Crippen LogP contribution in [0.5, 0.6) is 0 Å². The molecule has 0 spiro atoms. The molecule has 0 unspecified atom stereocenters. The minimum atomic E-state index is -0.285. The maximum atomic E-state index is 13.9. The highest BCUT2D eigenvalue weighted by atomic mass is 35.5. The first-order valence-corrected chi connectivity index (χ1v) is 6.27. The number of rotatable bonds is 3. The topological polar surface area (TPSA) is 25.8 Å². The molecular formula is C14H14ClFN2. The van der Waals surface area contributed by atoms with Crippen LogP contribution in [0.15, 0.2) is 24.5 Å². The summed E-state index contributed by atoms with van der Waals surface area (Å²) in [6.45, 7) is 3.96. The van der Waals surface area contributed by atoms with E-state index in [4.69, 9.17) is 11.6 Å². The van der Waals surface area contributed by atoms with Crippen molar-refractivity contribution in [2.24, 2.45) is 0 Å². The quantitative estimate of drug-likeness (QED) is 0.777. The van der Waals surface area contributed by atoms with E-state index < -0.39 is 0 Å². The lowest BCUT2D eigenvalue weighted by atomic mass is 10.0. The summed E-state index contributed by atoms with van der Waals surface area (Å²) in [5.41, 5.74) is 2.88. The van der Waals surface area contributed by atoms with Crippen molar-refractivity contribution in [3.63, 3.8) is 0 Å². The minimum Gasteiger partial charge on any atom is -0.236 e. The fourth-order valence-electron chi connectivity index (χ4n) is 1.92. The zero-order valence-electron chi connectivity index (χ0n) is 10.4. The summed E-state index contributed by atoms with van der Waals surface area (Å²) >= 11 is 6.08. The van der Waals surface area contributed by atoms with Crippen molar-refractivity contribution in [2.45, 2.75) is 26.7 Å². The molecule has 0 radical (unpaired) electrons. The highest BCUT2D eigenvalue weighted by Gasteiger charge is 2.14. The van der Waals surface area contributed by atoms with Gasteiger partial charge in [0, 0.05) is 11.1 Å². The molecule has 1 aromatic carbocycles. The monoisotopic (exact) mass is 264 g/mol. The van der Waals surface area contributed by atoms with E-state index >= 15 is 0 Å². The molecule has 94 valence electrons. The Morgan fingerprint density at radius 1 is 1.28 bits per heavy atom. The standard InChI is InChI=1S/C14H14ClFN2/c1-3-4-10-13(17-8-18-14(10)15)11-7-9(2)5-6-12(11)16/h5-8H,3-4H2,1-2H3. The normalized spacial score (nSPS) is 10.7. The second-order valence-electron chi connectivity index (χ2n) is 4.22. The van der Waals surface area contributed by atoms with E-state index in [2.05, 4.69) is 9.97 Å². The van der Waals surface area contributed by atoms with Gasteiger partial charge in [0.15, 0.2) is 0 Å². The van der Waals surface area contributed by atoms with E-state index in [0.29, 0.717) is 16.4 Å². The SMILES string of the molecule is CCCc1c(Cl)ncnc1-c1cc(C)ccc1F. The van der Waals surface area contributed by atoms with Crippen LogP contribution in [0.4, 0.5) is 4.39 Å². The van der Waals surface area contributed by atoms with Crippen LogP contribution in [-0.2, 0) is 6.42 Å². The van der Waals surface area contributed by atoms with Gasteiger partial charge in [-0.25, -0.2) is 14.4 Å².